The molecule has 0 unspecified atom stereocenters. The van der Waals surface area contributed by atoms with Gasteiger partial charge in [0.1, 0.15) is 0 Å². The van der Waals surface area contributed by atoms with Crippen LogP contribution in [0.2, 0.25) is 0 Å². The molecule has 0 aromatic heterocycles. The number of aromatic hydroxyl groups is 1. The van der Waals surface area contributed by atoms with E-state index in [4.69, 9.17) is 4.74 Å². The molecule has 0 amide bonds. The smallest absolute Gasteiger partial charge is 0.193 e. The zero-order valence-corrected chi connectivity index (χ0v) is 18.0. The highest BCUT2D eigenvalue weighted by Gasteiger charge is 2.09. The van der Waals surface area contributed by atoms with Gasteiger partial charge >= 0.3 is 0 Å². The Hall–Kier alpha value is -1.44. The van der Waals surface area contributed by atoms with Gasteiger partial charge in [0.2, 0.25) is 0 Å². The molecule has 0 heterocycles. The van der Waals surface area contributed by atoms with Crippen LogP contribution in [0.1, 0.15) is 38.2 Å². The Labute approximate surface area is 169 Å². The van der Waals surface area contributed by atoms with Crippen LogP contribution in [0.25, 0.3) is 0 Å². The number of halogens is 1. The molecule has 0 aliphatic rings. The second-order valence-corrected chi connectivity index (χ2v) is 5.70. The van der Waals surface area contributed by atoms with Crippen molar-refractivity contribution < 1.29 is 9.84 Å². The molecule has 0 bridgehead atoms. The minimum atomic E-state index is 0. The molecule has 6 heteroatoms. The van der Waals surface area contributed by atoms with Crippen LogP contribution in [0.15, 0.2) is 35.8 Å². The molecule has 2 N–H and O–H groups in total. The SMILES string of the molecule is C=CCCCCCN(C)C(=NCc1cccc(OC)c1O)NCC.I. The van der Waals surface area contributed by atoms with E-state index in [1.807, 2.05) is 25.3 Å². The number of allylic oxidation sites excluding steroid dienone is 1. The number of nitrogens with zero attached hydrogens (tertiary/aromatic N) is 2. The van der Waals surface area contributed by atoms with Gasteiger partial charge in [0.05, 0.1) is 13.7 Å². The van der Waals surface area contributed by atoms with Gasteiger partial charge in [-0.2, -0.15) is 0 Å². The lowest BCUT2D eigenvalue weighted by molar-refractivity contribution is 0.370. The van der Waals surface area contributed by atoms with E-state index in [0.717, 1.165) is 37.5 Å². The predicted molar refractivity (Wildman–Crippen MR) is 116 cm³/mol. The number of guanidine groups is 1. The van der Waals surface area contributed by atoms with Crippen LogP contribution in [0, 0.1) is 0 Å². The van der Waals surface area contributed by atoms with Gasteiger partial charge in [-0.1, -0.05) is 24.6 Å². The number of ether oxygens (including phenoxy) is 1. The largest absolute Gasteiger partial charge is 0.504 e. The van der Waals surface area contributed by atoms with E-state index in [0.29, 0.717) is 12.3 Å². The van der Waals surface area contributed by atoms with E-state index >= 15 is 0 Å². The van der Waals surface area contributed by atoms with E-state index < -0.39 is 0 Å². The summed E-state index contributed by atoms with van der Waals surface area (Å²) >= 11 is 0. The Morgan fingerprint density at radius 3 is 2.76 bits per heavy atom. The van der Waals surface area contributed by atoms with Crippen molar-refractivity contribution in [2.45, 2.75) is 39.2 Å². The maximum atomic E-state index is 10.2. The van der Waals surface area contributed by atoms with Crippen molar-refractivity contribution in [2.75, 3.05) is 27.2 Å². The number of hydrogen-bond acceptors (Lipinski definition) is 3. The number of para-hydroxylation sites is 1. The minimum absolute atomic E-state index is 0. The summed E-state index contributed by atoms with van der Waals surface area (Å²) < 4.78 is 5.14. The molecule has 0 aliphatic heterocycles. The fourth-order valence-corrected chi connectivity index (χ4v) is 2.41. The van der Waals surface area contributed by atoms with Crippen molar-refractivity contribution in [1.82, 2.24) is 10.2 Å². The molecule has 0 spiro atoms. The van der Waals surface area contributed by atoms with Crippen LogP contribution in [-0.4, -0.2) is 43.2 Å². The predicted octanol–water partition coefficient (Wildman–Crippen LogP) is 4.16. The molecule has 142 valence electrons. The molecular formula is C19H32IN3O2. The molecule has 0 aliphatic carbocycles. The number of nitrogens with one attached hydrogen (secondary N) is 1. The lowest BCUT2D eigenvalue weighted by Gasteiger charge is -2.22. The summed E-state index contributed by atoms with van der Waals surface area (Å²) in [6.45, 7) is 7.97. The number of unbranched alkanes of at least 4 members (excludes halogenated alkanes) is 3. The monoisotopic (exact) mass is 461 g/mol. The number of aliphatic imine (C=N–C) groups is 1. The van der Waals surface area contributed by atoms with Crippen LogP contribution in [0.3, 0.4) is 0 Å². The molecule has 0 atom stereocenters. The number of phenolic OH excluding ortho intramolecular Hbond substituents is 1. The van der Waals surface area contributed by atoms with Crippen LogP contribution in [-0.2, 0) is 6.54 Å². The Balaban J connectivity index is 0.00000576. The lowest BCUT2D eigenvalue weighted by atomic mass is 10.2. The summed E-state index contributed by atoms with van der Waals surface area (Å²) in [5.41, 5.74) is 0.754. The normalized spacial score (nSPS) is 10.8. The fraction of sp³-hybridized carbons (Fsp3) is 0.526. The average Bonchev–Trinajstić information content (AvgIpc) is 2.59. The number of hydrogen-bond donors (Lipinski definition) is 2. The number of methoxy groups -OCH3 is 1. The Morgan fingerprint density at radius 1 is 1.36 bits per heavy atom. The zero-order chi connectivity index (χ0) is 17.8. The number of phenols is 1. The molecule has 1 rings (SSSR count). The minimum Gasteiger partial charge on any atom is -0.504 e. The first-order valence-electron chi connectivity index (χ1n) is 8.59. The highest BCUT2D eigenvalue weighted by molar-refractivity contribution is 14.0. The van der Waals surface area contributed by atoms with Crippen LogP contribution >= 0.6 is 24.0 Å². The van der Waals surface area contributed by atoms with Gasteiger partial charge in [-0.05, 0) is 32.3 Å². The van der Waals surface area contributed by atoms with E-state index in [-0.39, 0.29) is 29.7 Å². The molecule has 25 heavy (non-hydrogen) atoms. The van der Waals surface area contributed by atoms with E-state index in [2.05, 4.69) is 28.7 Å². The van der Waals surface area contributed by atoms with Gasteiger partial charge in [0.15, 0.2) is 17.5 Å². The molecular weight excluding hydrogens is 429 g/mol. The Kier molecular flexibility index (Phi) is 13.0. The van der Waals surface area contributed by atoms with Gasteiger partial charge in [-0.15, -0.1) is 30.6 Å². The second kappa shape index (κ2) is 13.8. The third-order valence-corrected chi connectivity index (χ3v) is 3.80. The first-order valence-corrected chi connectivity index (χ1v) is 8.59. The maximum absolute atomic E-state index is 10.2. The van der Waals surface area contributed by atoms with Gasteiger partial charge < -0.3 is 20.1 Å². The molecule has 0 saturated heterocycles. The summed E-state index contributed by atoms with van der Waals surface area (Å²) in [5.74, 6) is 1.48. The standard InChI is InChI=1S/C19H31N3O2.HI/c1-5-7-8-9-10-14-22(3)19(20-6-2)21-15-16-12-11-13-17(24-4)18(16)23;/h5,11-13,23H,1,6-10,14-15H2,2-4H3,(H,20,21);1H. The van der Waals surface area contributed by atoms with Crippen LogP contribution in [0.5, 0.6) is 11.5 Å². The third-order valence-electron chi connectivity index (χ3n) is 3.80. The first-order chi connectivity index (χ1) is 11.6. The quantitative estimate of drug-likeness (QED) is 0.181. The van der Waals surface area contributed by atoms with Gasteiger partial charge in [0, 0.05) is 25.7 Å². The number of rotatable bonds is 10. The summed E-state index contributed by atoms with van der Waals surface area (Å²) in [7, 11) is 3.59. The van der Waals surface area contributed by atoms with Crippen molar-refractivity contribution in [2.24, 2.45) is 4.99 Å². The van der Waals surface area contributed by atoms with Crippen molar-refractivity contribution in [3.8, 4) is 11.5 Å². The fourth-order valence-electron chi connectivity index (χ4n) is 2.41. The van der Waals surface area contributed by atoms with Crippen molar-refractivity contribution in [3.05, 3.63) is 36.4 Å². The zero-order valence-electron chi connectivity index (χ0n) is 15.6. The summed E-state index contributed by atoms with van der Waals surface area (Å²) in [6.07, 6.45) is 6.54. The Morgan fingerprint density at radius 2 is 2.12 bits per heavy atom. The highest BCUT2D eigenvalue weighted by Crippen LogP contribution is 2.29. The average molecular weight is 461 g/mol. The van der Waals surface area contributed by atoms with Crippen LogP contribution in [0.4, 0.5) is 0 Å². The molecule has 1 aromatic carbocycles. The molecule has 5 nitrogen and oxygen atoms in total. The summed E-state index contributed by atoms with van der Waals surface area (Å²) in [4.78, 5) is 6.77. The second-order valence-electron chi connectivity index (χ2n) is 5.70. The number of benzene rings is 1. The molecule has 1 aromatic rings. The van der Waals surface area contributed by atoms with Crippen molar-refractivity contribution in [1.29, 1.82) is 0 Å². The van der Waals surface area contributed by atoms with E-state index in [1.54, 1.807) is 13.2 Å². The van der Waals surface area contributed by atoms with E-state index in [9.17, 15) is 5.11 Å². The molecule has 0 radical (unpaired) electrons. The van der Waals surface area contributed by atoms with Crippen molar-refractivity contribution in [3.63, 3.8) is 0 Å². The third kappa shape index (κ3) is 8.47. The highest BCUT2D eigenvalue weighted by atomic mass is 127. The van der Waals surface area contributed by atoms with Gasteiger partial charge in [-0.25, -0.2) is 4.99 Å². The molecule has 0 saturated carbocycles. The summed E-state index contributed by atoms with van der Waals surface area (Å²) in [6, 6.07) is 5.46. The molecule has 0 fully saturated rings. The van der Waals surface area contributed by atoms with Crippen molar-refractivity contribution >= 4 is 29.9 Å². The Bertz CT molecular complexity index is 535. The topological polar surface area (TPSA) is 57.1 Å². The first kappa shape index (κ1) is 23.6. The maximum Gasteiger partial charge on any atom is 0.193 e. The van der Waals surface area contributed by atoms with E-state index in [1.165, 1.54) is 12.8 Å². The lowest BCUT2D eigenvalue weighted by Crippen LogP contribution is -2.39. The summed E-state index contributed by atoms with van der Waals surface area (Å²) in [5, 5.41) is 13.5. The van der Waals surface area contributed by atoms with Gasteiger partial charge in [0.25, 0.3) is 0 Å². The van der Waals surface area contributed by atoms with Crippen LogP contribution < -0.4 is 10.1 Å². The van der Waals surface area contributed by atoms with Gasteiger partial charge in [-0.3, -0.25) is 0 Å².